The van der Waals surface area contributed by atoms with E-state index in [0.717, 1.165) is 16.5 Å². The van der Waals surface area contributed by atoms with Crippen molar-refractivity contribution in [1.82, 2.24) is 4.98 Å². The van der Waals surface area contributed by atoms with Crippen LogP contribution in [0.5, 0.6) is 0 Å². The maximum absolute atomic E-state index is 13.8. The summed E-state index contributed by atoms with van der Waals surface area (Å²) in [7, 11) is 0. The third-order valence-electron chi connectivity index (χ3n) is 3.27. The van der Waals surface area contributed by atoms with Crippen molar-refractivity contribution in [2.24, 2.45) is 0 Å². The van der Waals surface area contributed by atoms with Crippen molar-refractivity contribution >= 4 is 28.3 Å². The van der Waals surface area contributed by atoms with Crippen LogP contribution < -0.4 is 0 Å². The Labute approximate surface area is 120 Å². The maximum atomic E-state index is 13.8. The number of hydrogen-bond acceptors (Lipinski definition) is 1. The van der Waals surface area contributed by atoms with E-state index in [1.54, 1.807) is 6.20 Å². The molecule has 0 amide bonds. The molecule has 0 aliphatic heterocycles. The van der Waals surface area contributed by atoms with Crippen molar-refractivity contribution < 1.29 is 9.18 Å². The van der Waals surface area contributed by atoms with Gasteiger partial charge in [-0.25, -0.2) is 4.39 Å². The molecule has 4 heteroatoms. The first-order valence-corrected chi connectivity index (χ1v) is 6.52. The lowest BCUT2D eigenvalue weighted by Crippen LogP contribution is -2.04. The molecule has 0 bridgehead atoms. The van der Waals surface area contributed by atoms with E-state index in [-0.39, 0.29) is 10.6 Å². The van der Waals surface area contributed by atoms with E-state index in [2.05, 4.69) is 4.98 Å². The van der Waals surface area contributed by atoms with Crippen molar-refractivity contribution in [2.75, 3.05) is 0 Å². The van der Waals surface area contributed by atoms with Crippen molar-refractivity contribution in [3.63, 3.8) is 0 Å². The van der Waals surface area contributed by atoms with Gasteiger partial charge in [0, 0.05) is 22.7 Å². The first-order chi connectivity index (χ1) is 9.58. The lowest BCUT2D eigenvalue weighted by Gasteiger charge is -2.04. The largest absolute Gasteiger partial charge is 0.360 e. The highest BCUT2D eigenvalue weighted by atomic mass is 35.5. The molecule has 2 nitrogen and oxygen atoms in total. The Balaban J connectivity index is 2.18. The number of fused-ring (bicyclic) bond motifs is 1. The molecule has 0 aliphatic rings. The Morgan fingerprint density at radius 2 is 2.05 bits per heavy atom. The van der Waals surface area contributed by atoms with Gasteiger partial charge in [0.1, 0.15) is 5.82 Å². The van der Waals surface area contributed by atoms with Crippen molar-refractivity contribution in [2.45, 2.75) is 6.92 Å². The van der Waals surface area contributed by atoms with Gasteiger partial charge >= 0.3 is 0 Å². The number of rotatable bonds is 2. The van der Waals surface area contributed by atoms with Gasteiger partial charge in [0.2, 0.25) is 0 Å². The zero-order valence-corrected chi connectivity index (χ0v) is 11.5. The number of ketones is 1. The number of hydrogen-bond donors (Lipinski definition) is 1. The van der Waals surface area contributed by atoms with Crippen LogP contribution in [0.1, 0.15) is 21.5 Å². The first kappa shape index (κ1) is 12.9. The number of carbonyl (C=O) groups is 1. The van der Waals surface area contributed by atoms with Gasteiger partial charge in [-0.1, -0.05) is 29.8 Å². The molecule has 0 aliphatic carbocycles. The Morgan fingerprint density at radius 1 is 1.25 bits per heavy atom. The fraction of sp³-hybridized carbons (Fsp3) is 0.0625. The van der Waals surface area contributed by atoms with E-state index in [4.69, 9.17) is 11.6 Å². The Bertz CT molecular complexity index is 802. The van der Waals surface area contributed by atoms with Crippen LogP contribution in [0.3, 0.4) is 0 Å². The summed E-state index contributed by atoms with van der Waals surface area (Å²) < 4.78 is 13.8. The van der Waals surface area contributed by atoms with Gasteiger partial charge in [0.05, 0.1) is 10.6 Å². The zero-order valence-electron chi connectivity index (χ0n) is 10.7. The number of nitrogens with one attached hydrogen (secondary N) is 1. The third-order valence-corrected chi connectivity index (χ3v) is 3.59. The second-order valence-electron chi connectivity index (χ2n) is 4.68. The summed E-state index contributed by atoms with van der Waals surface area (Å²) in [5.41, 5.74) is 2.27. The fourth-order valence-corrected chi connectivity index (χ4v) is 2.53. The van der Waals surface area contributed by atoms with Gasteiger partial charge in [-0.05, 0) is 30.7 Å². The minimum absolute atomic E-state index is 0.0874. The van der Waals surface area contributed by atoms with Crippen LogP contribution in [0.15, 0.2) is 42.6 Å². The molecule has 1 heterocycles. The average Bonchev–Trinajstić information content (AvgIpc) is 2.81. The van der Waals surface area contributed by atoms with Crippen LogP contribution >= 0.6 is 11.6 Å². The monoisotopic (exact) mass is 287 g/mol. The molecule has 0 spiro atoms. The molecule has 1 N–H and O–H groups in total. The summed E-state index contributed by atoms with van der Waals surface area (Å²) >= 11 is 5.95. The molecule has 2 aromatic carbocycles. The molecule has 0 saturated carbocycles. The van der Waals surface area contributed by atoms with Crippen LogP contribution in [0, 0.1) is 12.7 Å². The summed E-state index contributed by atoms with van der Waals surface area (Å²) in [6.07, 6.45) is 1.59. The second kappa shape index (κ2) is 4.76. The maximum Gasteiger partial charge on any atom is 0.199 e. The highest BCUT2D eigenvalue weighted by molar-refractivity contribution is 6.35. The smallest absolute Gasteiger partial charge is 0.199 e. The molecular formula is C16H11ClFNO. The Kier molecular flexibility index (Phi) is 3.07. The molecule has 3 aromatic rings. The molecule has 0 unspecified atom stereocenters. The Hall–Kier alpha value is -2.13. The molecule has 1 aromatic heterocycles. The number of benzene rings is 2. The van der Waals surface area contributed by atoms with Gasteiger partial charge in [0.25, 0.3) is 0 Å². The van der Waals surface area contributed by atoms with Gasteiger partial charge in [-0.15, -0.1) is 0 Å². The summed E-state index contributed by atoms with van der Waals surface area (Å²) in [5.74, 6) is -1.02. The summed E-state index contributed by atoms with van der Waals surface area (Å²) in [5, 5.41) is 0.886. The van der Waals surface area contributed by atoms with Crippen LogP contribution in [0.4, 0.5) is 4.39 Å². The summed E-state index contributed by atoms with van der Waals surface area (Å²) in [6.45, 7) is 1.97. The zero-order chi connectivity index (χ0) is 14.3. The van der Waals surface area contributed by atoms with E-state index < -0.39 is 11.6 Å². The number of halogens is 2. The molecule has 100 valence electrons. The number of aryl methyl sites for hydroxylation is 1. The van der Waals surface area contributed by atoms with Crippen molar-refractivity contribution in [3.8, 4) is 0 Å². The van der Waals surface area contributed by atoms with E-state index >= 15 is 0 Å². The highest BCUT2D eigenvalue weighted by Crippen LogP contribution is 2.26. The normalized spacial score (nSPS) is 10.9. The van der Waals surface area contributed by atoms with E-state index in [9.17, 15) is 9.18 Å². The standard InChI is InChI=1S/C16H11ClFNO/c1-9-5-6-10-11(8-19-14(10)7-9)16(20)15-12(17)3-2-4-13(15)18/h2-8,19H,1H3. The topological polar surface area (TPSA) is 32.9 Å². The average molecular weight is 288 g/mol. The number of aromatic amines is 1. The second-order valence-corrected chi connectivity index (χ2v) is 5.08. The lowest BCUT2D eigenvalue weighted by atomic mass is 10.0. The first-order valence-electron chi connectivity index (χ1n) is 6.14. The lowest BCUT2D eigenvalue weighted by molar-refractivity contribution is 0.103. The van der Waals surface area contributed by atoms with Crippen LogP contribution in [0.25, 0.3) is 10.9 Å². The van der Waals surface area contributed by atoms with Crippen molar-refractivity contribution in [1.29, 1.82) is 0 Å². The van der Waals surface area contributed by atoms with E-state index in [1.807, 2.05) is 25.1 Å². The molecular weight excluding hydrogens is 277 g/mol. The van der Waals surface area contributed by atoms with Gasteiger partial charge in [-0.2, -0.15) is 0 Å². The summed E-state index contributed by atoms with van der Waals surface area (Å²) in [4.78, 5) is 15.5. The van der Waals surface area contributed by atoms with Gasteiger partial charge < -0.3 is 4.98 Å². The minimum atomic E-state index is -0.607. The predicted molar refractivity (Wildman–Crippen MR) is 77.9 cm³/mol. The van der Waals surface area contributed by atoms with Crippen LogP contribution in [-0.4, -0.2) is 10.8 Å². The Morgan fingerprint density at radius 3 is 2.80 bits per heavy atom. The molecule has 0 fully saturated rings. The fourth-order valence-electron chi connectivity index (χ4n) is 2.28. The van der Waals surface area contributed by atoms with Crippen LogP contribution in [0.2, 0.25) is 5.02 Å². The van der Waals surface area contributed by atoms with Gasteiger partial charge in [0.15, 0.2) is 5.78 Å². The minimum Gasteiger partial charge on any atom is -0.360 e. The van der Waals surface area contributed by atoms with Crippen molar-refractivity contribution in [3.05, 3.63) is 70.1 Å². The number of H-pyrrole nitrogens is 1. The van der Waals surface area contributed by atoms with E-state index in [1.165, 1.54) is 18.2 Å². The molecule has 0 radical (unpaired) electrons. The SMILES string of the molecule is Cc1ccc2c(C(=O)c3c(F)cccc3Cl)c[nH]c2c1. The summed E-state index contributed by atoms with van der Waals surface area (Å²) in [6, 6.07) is 9.93. The van der Waals surface area contributed by atoms with Gasteiger partial charge in [-0.3, -0.25) is 4.79 Å². The molecule has 20 heavy (non-hydrogen) atoms. The number of aromatic nitrogens is 1. The molecule has 3 rings (SSSR count). The number of carbonyl (C=O) groups excluding carboxylic acids is 1. The third kappa shape index (κ3) is 2.00. The molecule has 0 saturated heterocycles. The van der Waals surface area contributed by atoms with E-state index in [0.29, 0.717) is 5.56 Å². The quantitative estimate of drug-likeness (QED) is 0.692. The molecule has 0 atom stereocenters. The van der Waals surface area contributed by atoms with Crippen LogP contribution in [-0.2, 0) is 0 Å². The highest BCUT2D eigenvalue weighted by Gasteiger charge is 2.20. The predicted octanol–water partition coefficient (Wildman–Crippen LogP) is 4.50.